The zero-order valence-corrected chi connectivity index (χ0v) is 13.6. The molecule has 0 aliphatic heterocycles. The largest absolute Gasteiger partial charge is 0.334 e. The molecular formula is C13H11BrCl2N2O2. The molecule has 4 nitrogen and oxygen atoms in total. The first-order valence-electron chi connectivity index (χ1n) is 5.94. The van der Waals surface area contributed by atoms with Gasteiger partial charge in [-0.3, -0.25) is 9.78 Å². The van der Waals surface area contributed by atoms with Gasteiger partial charge in [0.1, 0.15) is 5.15 Å². The number of aromatic amines is 1. The average molecular weight is 378 g/mol. The van der Waals surface area contributed by atoms with E-state index in [9.17, 15) is 9.59 Å². The summed E-state index contributed by atoms with van der Waals surface area (Å²) in [6.07, 6.45) is 1.24. The second kappa shape index (κ2) is 6.16. The molecular weight excluding hydrogens is 367 g/mol. The highest BCUT2D eigenvalue weighted by Gasteiger charge is 2.15. The lowest BCUT2D eigenvalue weighted by molar-refractivity contribution is 0.810. The van der Waals surface area contributed by atoms with Crippen molar-refractivity contribution in [3.8, 4) is 5.69 Å². The van der Waals surface area contributed by atoms with Crippen molar-refractivity contribution >= 4 is 39.1 Å². The van der Waals surface area contributed by atoms with E-state index in [1.807, 2.05) is 6.92 Å². The van der Waals surface area contributed by atoms with Crippen molar-refractivity contribution in [3.05, 3.63) is 59.2 Å². The summed E-state index contributed by atoms with van der Waals surface area (Å²) in [7, 11) is 0. The van der Waals surface area contributed by atoms with E-state index in [1.165, 1.54) is 0 Å². The zero-order valence-electron chi connectivity index (χ0n) is 10.5. The Balaban J connectivity index is 2.81. The van der Waals surface area contributed by atoms with Gasteiger partial charge in [-0.15, -0.1) is 0 Å². The third-order valence-corrected chi connectivity index (χ3v) is 4.02. The van der Waals surface area contributed by atoms with Gasteiger partial charge in [0, 0.05) is 9.50 Å². The number of hydrogen-bond donors (Lipinski definition) is 1. The van der Waals surface area contributed by atoms with Crippen LogP contribution in [0.5, 0.6) is 0 Å². The molecule has 0 radical (unpaired) electrons. The molecule has 2 rings (SSSR count). The van der Waals surface area contributed by atoms with Crippen molar-refractivity contribution < 1.29 is 0 Å². The van der Waals surface area contributed by atoms with Crippen molar-refractivity contribution in [1.82, 2.24) is 9.55 Å². The third kappa shape index (κ3) is 2.85. The summed E-state index contributed by atoms with van der Waals surface area (Å²) in [5.74, 6) is 0. The lowest BCUT2D eigenvalue weighted by atomic mass is 10.2. The number of nitrogens with one attached hydrogen (secondary N) is 1. The molecule has 1 heterocycles. The van der Waals surface area contributed by atoms with Gasteiger partial charge < -0.3 is 0 Å². The Kier molecular flexibility index (Phi) is 4.73. The van der Waals surface area contributed by atoms with Crippen LogP contribution in [0.3, 0.4) is 0 Å². The lowest BCUT2D eigenvalue weighted by Crippen LogP contribution is -2.36. The molecule has 0 aliphatic carbocycles. The summed E-state index contributed by atoms with van der Waals surface area (Å²) >= 11 is 15.2. The van der Waals surface area contributed by atoms with Crippen LogP contribution in [0.4, 0.5) is 0 Å². The van der Waals surface area contributed by atoms with Crippen molar-refractivity contribution in [2.24, 2.45) is 0 Å². The van der Waals surface area contributed by atoms with Crippen LogP contribution in [0, 0.1) is 0 Å². The maximum atomic E-state index is 12.5. The van der Waals surface area contributed by atoms with Gasteiger partial charge in [-0.25, -0.2) is 9.36 Å². The van der Waals surface area contributed by atoms with Crippen molar-refractivity contribution in [1.29, 1.82) is 0 Å². The minimum Gasteiger partial charge on any atom is -0.297 e. The molecule has 0 unspecified atom stereocenters. The number of benzene rings is 1. The van der Waals surface area contributed by atoms with Gasteiger partial charge in [0.2, 0.25) is 0 Å². The van der Waals surface area contributed by atoms with Crippen molar-refractivity contribution in [2.75, 3.05) is 0 Å². The molecule has 20 heavy (non-hydrogen) atoms. The maximum Gasteiger partial charge on any atom is 0.334 e. The first-order chi connectivity index (χ1) is 9.45. The fourth-order valence-electron chi connectivity index (χ4n) is 1.89. The van der Waals surface area contributed by atoms with E-state index in [0.717, 1.165) is 11.0 Å². The number of rotatable bonds is 3. The molecule has 0 amide bonds. The van der Waals surface area contributed by atoms with Crippen molar-refractivity contribution in [2.45, 2.75) is 19.8 Å². The average Bonchev–Trinajstić information content (AvgIpc) is 2.38. The molecule has 0 saturated heterocycles. The molecule has 1 aromatic carbocycles. The topological polar surface area (TPSA) is 54.9 Å². The Morgan fingerprint density at radius 2 is 2.00 bits per heavy atom. The quantitative estimate of drug-likeness (QED) is 0.831. The minimum absolute atomic E-state index is 0.0938. The first-order valence-corrected chi connectivity index (χ1v) is 7.49. The first kappa shape index (κ1) is 15.4. The van der Waals surface area contributed by atoms with Crippen LogP contribution in [0.2, 0.25) is 10.2 Å². The van der Waals surface area contributed by atoms with E-state index in [1.54, 1.807) is 18.2 Å². The third-order valence-electron chi connectivity index (χ3n) is 2.80. The second-order valence-electron chi connectivity index (χ2n) is 4.21. The predicted octanol–water partition coefficient (Wildman–Crippen LogP) is 3.55. The fourth-order valence-corrected chi connectivity index (χ4v) is 2.74. The summed E-state index contributed by atoms with van der Waals surface area (Å²) in [5.41, 5.74) is -0.246. The lowest BCUT2D eigenvalue weighted by Gasteiger charge is -2.10. The Bertz CT molecular complexity index is 768. The summed E-state index contributed by atoms with van der Waals surface area (Å²) in [5, 5.41) is 0.526. The normalized spacial score (nSPS) is 10.8. The molecule has 0 atom stereocenters. The molecule has 2 aromatic rings. The Morgan fingerprint density at radius 3 is 2.65 bits per heavy atom. The van der Waals surface area contributed by atoms with E-state index in [0.29, 0.717) is 27.2 Å². The fraction of sp³-hybridized carbons (Fsp3) is 0.231. The molecule has 0 fully saturated rings. The van der Waals surface area contributed by atoms with E-state index >= 15 is 0 Å². The smallest absolute Gasteiger partial charge is 0.297 e. The van der Waals surface area contributed by atoms with Gasteiger partial charge in [-0.2, -0.15) is 0 Å². The van der Waals surface area contributed by atoms with Crippen molar-refractivity contribution in [3.63, 3.8) is 0 Å². The highest BCUT2D eigenvalue weighted by molar-refractivity contribution is 9.10. The summed E-state index contributed by atoms with van der Waals surface area (Å²) in [6, 6.07) is 4.89. The Hall–Kier alpha value is -1.04. The van der Waals surface area contributed by atoms with Crippen LogP contribution >= 0.6 is 39.1 Å². The van der Waals surface area contributed by atoms with Gasteiger partial charge in [0.15, 0.2) is 0 Å². The molecule has 0 spiro atoms. The number of nitrogens with zero attached hydrogens (tertiary/aromatic N) is 1. The molecule has 106 valence electrons. The van der Waals surface area contributed by atoms with Crippen LogP contribution in [0.1, 0.15) is 18.9 Å². The highest BCUT2D eigenvalue weighted by Crippen LogP contribution is 2.23. The van der Waals surface area contributed by atoms with Gasteiger partial charge >= 0.3 is 5.69 Å². The maximum absolute atomic E-state index is 12.5. The number of aromatic nitrogens is 2. The van der Waals surface area contributed by atoms with E-state index in [4.69, 9.17) is 23.2 Å². The monoisotopic (exact) mass is 376 g/mol. The minimum atomic E-state index is -0.595. The number of hydrogen-bond acceptors (Lipinski definition) is 2. The Labute approximate surface area is 133 Å². The summed E-state index contributed by atoms with van der Waals surface area (Å²) in [6.45, 7) is 1.93. The summed E-state index contributed by atoms with van der Waals surface area (Å²) < 4.78 is 1.63. The van der Waals surface area contributed by atoms with Gasteiger partial charge in [-0.1, -0.05) is 36.5 Å². The SMILES string of the molecule is CCCc1c(Cl)[nH]c(=O)n(-c2cc(Cl)ccc2Br)c1=O. The van der Waals surface area contributed by atoms with Gasteiger partial charge in [0.05, 0.1) is 11.3 Å². The van der Waals surface area contributed by atoms with Crippen LogP contribution in [0.25, 0.3) is 5.69 Å². The standard InChI is InChI=1S/C13H11BrCl2N2O2/c1-2-3-8-11(16)17-13(20)18(12(8)19)10-6-7(15)4-5-9(10)14/h4-6H,2-3H2,1H3,(H,17,20). The van der Waals surface area contributed by atoms with E-state index in [2.05, 4.69) is 20.9 Å². The highest BCUT2D eigenvalue weighted by atomic mass is 79.9. The number of H-pyrrole nitrogens is 1. The van der Waals surface area contributed by atoms with Crippen LogP contribution in [-0.2, 0) is 6.42 Å². The molecule has 0 aliphatic rings. The van der Waals surface area contributed by atoms with Crippen LogP contribution < -0.4 is 11.2 Å². The van der Waals surface area contributed by atoms with E-state index in [-0.39, 0.29) is 5.15 Å². The Morgan fingerprint density at radius 1 is 1.30 bits per heavy atom. The van der Waals surface area contributed by atoms with Crippen LogP contribution in [0.15, 0.2) is 32.3 Å². The predicted molar refractivity (Wildman–Crippen MR) is 84.4 cm³/mol. The molecule has 1 N–H and O–H groups in total. The molecule has 1 aromatic heterocycles. The molecule has 0 bridgehead atoms. The molecule has 0 saturated carbocycles. The van der Waals surface area contributed by atoms with Gasteiger partial charge in [0.25, 0.3) is 5.56 Å². The second-order valence-corrected chi connectivity index (χ2v) is 5.88. The molecule has 7 heteroatoms. The summed E-state index contributed by atoms with van der Waals surface area (Å²) in [4.78, 5) is 27.0. The van der Waals surface area contributed by atoms with Crippen LogP contribution in [-0.4, -0.2) is 9.55 Å². The zero-order chi connectivity index (χ0) is 14.9. The number of halogens is 3. The van der Waals surface area contributed by atoms with E-state index < -0.39 is 11.2 Å². The van der Waals surface area contributed by atoms with Gasteiger partial charge in [-0.05, 0) is 40.5 Å².